The van der Waals surface area contributed by atoms with Gasteiger partial charge in [-0.15, -0.1) is 0 Å². The van der Waals surface area contributed by atoms with Gasteiger partial charge in [-0.05, 0) is 49.4 Å². The molecule has 0 aliphatic heterocycles. The van der Waals surface area contributed by atoms with Crippen LogP contribution >= 0.6 is 15.6 Å². The quantitative estimate of drug-likeness (QED) is 0.0222. The van der Waals surface area contributed by atoms with Crippen LogP contribution in [-0.4, -0.2) is 96.7 Å². The van der Waals surface area contributed by atoms with Crippen LogP contribution in [0.2, 0.25) is 0 Å². The number of aliphatic hydroxyl groups excluding tert-OH is 1. The van der Waals surface area contributed by atoms with Crippen molar-refractivity contribution in [2.24, 2.45) is 23.7 Å². The normalized spacial score (nSPS) is 13.8. The molecule has 3 N–H and O–H groups in total. The Kier molecular flexibility index (Phi) is 81.0. The summed E-state index contributed by atoms with van der Waals surface area (Å²) in [4.78, 5) is 73.5. The van der Waals surface area contributed by atoms with Crippen LogP contribution in [0, 0.1) is 23.7 Å². The molecule has 113 heavy (non-hydrogen) atoms. The summed E-state index contributed by atoms with van der Waals surface area (Å²) in [5, 5.41) is 10.7. The van der Waals surface area contributed by atoms with E-state index in [2.05, 4.69) is 55.4 Å². The molecular weight excluding hydrogens is 1460 g/mol. The number of carbonyl (C=O) groups excluding carboxylic acids is 4. The van der Waals surface area contributed by atoms with Crippen LogP contribution in [0.1, 0.15) is 498 Å². The van der Waals surface area contributed by atoms with Crippen LogP contribution < -0.4 is 0 Å². The van der Waals surface area contributed by atoms with Gasteiger partial charge in [-0.1, -0.05) is 447 Å². The number of phosphoric acid groups is 2. The van der Waals surface area contributed by atoms with Gasteiger partial charge in [-0.3, -0.25) is 37.3 Å². The zero-order chi connectivity index (χ0) is 83.0. The number of carbonyl (C=O) groups is 4. The smallest absolute Gasteiger partial charge is 0.462 e. The summed E-state index contributed by atoms with van der Waals surface area (Å²) in [5.74, 6) is 1.10. The molecule has 0 aliphatic rings. The fraction of sp³-hybridized carbons (Fsp3) is 0.957. The molecule has 0 aromatic heterocycles. The number of unbranched alkanes of at least 4 members (excludes halogenated alkanes) is 57. The number of rotatable bonds is 91. The molecule has 0 heterocycles. The van der Waals surface area contributed by atoms with Crippen LogP contribution in [0.3, 0.4) is 0 Å². The summed E-state index contributed by atoms with van der Waals surface area (Å²) in [7, 11) is -9.94. The lowest BCUT2D eigenvalue weighted by Crippen LogP contribution is -2.30. The summed E-state index contributed by atoms with van der Waals surface area (Å²) < 4.78 is 69.2. The number of esters is 4. The molecule has 19 heteroatoms. The number of hydrogen-bond donors (Lipinski definition) is 3. The van der Waals surface area contributed by atoms with Gasteiger partial charge >= 0.3 is 39.5 Å². The average Bonchev–Trinajstić information content (AvgIpc) is 0.902. The molecule has 17 nitrogen and oxygen atoms in total. The van der Waals surface area contributed by atoms with E-state index in [-0.39, 0.29) is 25.7 Å². The van der Waals surface area contributed by atoms with Gasteiger partial charge in [-0.25, -0.2) is 9.13 Å². The molecule has 0 fully saturated rings. The van der Waals surface area contributed by atoms with E-state index in [1.807, 2.05) is 0 Å². The molecule has 0 saturated heterocycles. The van der Waals surface area contributed by atoms with E-state index in [0.29, 0.717) is 25.7 Å². The fourth-order valence-electron chi connectivity index (χ4n) is 14.7. The number of hydrogen-bond acceptors (Lipinski definition) is 15. The van der Waals surface area contributed by atoms with E-state index in [9.17, 15) is 43.2 Å². The van der Waals surface area contributed by atoms with Gasteiger partial charge in [0.2, 0.25) is 0 Å². The maximum absolute atomic E-state index is 13.2. The molecule has 0 rings (SSSR count). The Hall–Kier alpha value is -1.94. The Morgan fingerprint density at radius 3 is 0.549 bits per heavy atom. The number of ether oxygens (including phenoxy) is 4. The topological polar surface area (TPSA) is 237 Å². The predicted octanol–water partition coefficient (Wildman–Crippen LogP) is 29.1. The van der Waals surface area contributed by atoms with Crippen molar-refractivity contribution < 1.29 is 80.2 Å². The van der Waals surface area contributed by atoms with Crippen molar-refractivity contribution in [3.05, 3.63) is 0 Å². The van der Waals surface area contributed by atoms with Crippen molar-refractivity contribution in [1.82, 2.24) is 0 Å². The first-order valence-corrected chi connectivity index (χ1v) is 51.2. The van der Waals surface area contributed by atoms with E-state index >= 15 is 0 Å². The van der Waals surface area contributed by atoms with Crippen LogP contribution in [0.15, 0.2) is 0 Å². The molecular formula is C94H184O17P2. The molecule has 0 spiro atoms. The van der Waals surface area contributed by atoms with Crippen molar-refractivity contribution in [2.75, 3.05) is 39.6 Å². The summed E-state index contributed by atoms with van der Waals surface area (Å²) in [6.07, 6.45) is 75.1. The Morgan fingerprint density at radius 2 is 0.372 bits per heavy atom. The van der Waals surface area contributed by atoms with E-state index in [4.69, 9.17) is 37.0 Å². The second-order valence-electron chi connectivity index (χ2n) is 35.7. The minimum absolute atomic E-state index is 0.108. The fourth-order valence-corrected chi connectivity index (χ4v) is 16.3. The van der Waals surface area contributed by atoms with Gasteiger partial charge in [0.15, 0.2) is 12.2 Å². The van der Waals surface area contributed by atoms with E-state index in [1.54, 1.807) is 0 Å². The second-order valence-corrected chi connectivity index (χ2v) is 38.6. The molecule has 0 aliphatic carbocycles. The molecule has 5 atom stereocenters. The maximum atomic E-state index is 13.2. The third kappa shape index (κ3) is 87.7. The molecule has 0 aromatic carbocycles. The molecule has 0 radical (unpaired) electrons. The molecule has 0 amide bonds. The lowest BCUT2D eigenvalue weighted by molar-refractivity contribution is -0.161. The zero-order valence-corrected chi connectivity index (χ0v) is 76.8. The molecule has 672 valence electrons. The van der Waals surface area contributed by atoms with E-state index in [1.165, 1.54) is 302 Å². The minimum Gasteiger partial charge on any atom is -0.462 e. The van der Waals surface area contributed by atoms with Gasteiger partial charge < -0.3 is 33.8 Å². The second kappa shape index (κ2) is 82.4. The van der Waals surface area contributed by atoms with Crippen molar-refractivity contribution in [3.63, 3.8) is 0 Å². The highest BCUT2D eigenvalue weighted by Gasteiger charge is 2.31. The van der Waals surface area contributed by atoms with Crippen LogP contribution in [0.4, 0.5) is 0 Å². The third-order valence-electron chi connectivity index (χ3n) is 22.1. The Labute approximate surface area is 696 Å². The Bertz CT molecular complexity index is 2180. The van der Waals surface area contributed by atoms with Gasteiger partial charge in [0, 0.05) is 25.7 Å². The number of aliphatic hydroxyl groups is 1. The first-order valence-electron chi connectivity index (χ1n) is 48.2. The molecule has 2 unspecified atom stereocenters. The minimum atomic E-state index is -4.97. The highest BCUT2D eigenvalue weighted by molar-refractivity contribution is 7.47. The summed E-state index contributed by atoms with van der Waals surface area (Å²) in [5.41, 5.74) is 0. The van der Waals surface area contributed by atoms with E-state index < -0.39 is 97.5 Å². The van der Waals surface area contributed by atoms with E-state index in [0.717, 1.165) is 114 Å². The monoisotopic (exact) mass is 1650 g/mol. The maximum Gasteiger partial charge on any atom is 0.472 e. The van der Waals surface area contributed by atoms with Crippen molar-refractivity contribution >= 4 is 39.5 Å². The average molecular weight is 1650 g/mol. The third-order valence-corrected chi connectivity index (χ3v) is 24.0. The van der Waals surface area contributed by atoms with Crippen molar-refractivity contribution in [2.45, 2.75) is 517 Å². The van der Waals surface area contributed by atoms with Crippen LogP contribution in [-0.2, 0) is 65.4 Å². The standard InChI is InChI=1S/C94H184O17P2/c1-84(2)70-62-54-46-38-31-25-19-13-9-11-15-22-28-34-42-50-58-66-74-91(96)104-80-89(110-93(98)76-68-60-52-43-35-29-23-16-12-10-14-20-26-32-39-47-55-63-71-85(3)4)82-108-112(100,101)106-78-88(95)79-107-113(102,103)109-83-90(81-105-92(97)75-67-59-51-45-37-41-49-57-65-73-87(7)8)111-94(99)77-69-61-53-44-36-30-24-18-17-21-27-33-40-48-56-64-72-86(5)6/h84-90,95H,9-83H2,1-8H3,(H,100,101)(H,102,103)/t88-,89-,90-/m1/s1. The highest BCUT2D eigenvalue weighted by Crippen LogP contribution is 2.45. The van der Waals surface area contributed by atoms with Gasteiger partial charge in [0.25, 0.3) is 0 Å². The highest BCUT2D eigenvalue weighted by atomic mass is 31.2. The first-order chi connectivity index (χ1) is 54.6. The van der Waals surface area contributed by atoms with Crippen molar-refractivity contribution in [3.8, 4) is 0 Å². The van der Waals surface area contributed by atoms with Crippen LogP contribution in [0.25, 0.3) is 0 Å². The van der Waals surface area contributed by atoms with Gasteiger partial charge in [0.1, 0.15) is 19.3 Å². The Balaban J connectivity index is 5.25. The lowest BCUT2D eigenvalue weighted by Gasteiger charge is -2.21. The lowest BCUT2D eigenvalue weighted by atomic mass is 10.0. The molecule has 0 saturated carbocycles. The van der Waals surface area contributed by atoms with Crippen molar-refractivity contribution in [1.29, 1.82) is 0 Å². The Morgan fingerprint density at radius 1 is 0.221 bits per heavy atom. The largest absolute Gasteiger partial charge is 0.472 e. The van der Waals surface area contributed by atoms with Gasteiger partial charge in [-0.2, -0.15) is 0 Å². The van der Waals surface area contributed by atoms with Crippen LogP contribution in [0.5, 0.6) is 0 Å². The zero-order valence-electron chi connectivity index (χ0n) is 75.0. The predicted molar refractivity (Wildman–Crippen MR) is 469 cm³/mol. The summed E-state index contributed by atoms with van der Waals surface area (Å²) in [6, 6.07) is 0. The first kappa shape index (κ1) is 111. The number of phosphoric ester groups is 2. The SMILES string of the molecule is CC(C)CCCCCCCCCCCCCCCCCCCCC(=O)OC[C@H](COP(=O)(O)OC[C@@H](O)COP(=O)(O)OC[C@@H](COC(=O)CCCCCCCCCCCC(C)C)OC(=O)CCCCCCCCCCCCCCCCCCC(C)C)OC(=O)CCCCCCCCCCCCCCCCCCCCC(C)C. The molecule has 0 bridgehead atoms. The summed E-state index contributed by atoms with van der Waals surface area (Å²) in [6.45, 7) is 14.4. The molecule has 0 aromatic rings. The van der Waals surface area contributed by atoms with Gasteiger partial charge in [0.05, 0.1) is 26.4 Å². The summed E-state index contributed by atoms with van der Waals surface area (Å²) >= 11 is 0.